The highest BCUT2D eigenvalue weighted by Crippen LogP contribution is 2.30. The van der Waals surface area contributed by atoms with Gasteiger partial charge >= 0.3 is 0 Å². The van der Waals surface area contributed by atoms with Crippen molar-refractivity contribution in [3.8, 4) is 0 Å². The van der Waals surface area contributed by atoms with Crippen molar-refractivity contribution in [1.82, 2.24) is 15.0 Å². The number of aliphatic hydroxyl groups is 2. The SMILES string of the molecule is OCC1(O)CCC(Nc2ncncn2)C1. The lowest BCUT2D eigenvalue weighted by molar-refractivity contribution is -0.00859. The fourth-order valence-corrected chi connectivity index (χ4v) is 1.87. The van der Waals surface area contributed by atoms with Crippen molar-refractivity contribution in [2.24, 2.45) is 0 Å². The average Bonchev–Trinajstić information content (AvgIpc) is 2.63. The predicted octanol–water partition coefficient (Wildman–Crippen LogP) is -0.441. The largest absolute Gasteiger partial charge is 0.393 e. The van der Waals surface area contributed by atoms with E-state index in [1.165, 1.54) is 12.7 Å². The fourth-order valence-electron chi connectivity index (χ4n) is 1.87. The Hall–Kier alpha value is -1.27. The van der Waals surface area contributed by atoms with Gasteiger partial charge < -0.3 is 15.5 Å². The Labute approximate surface area is 87.4 Å². The summed E-state index contributed by atoms with van der Waals surface area (Å²) in [5.74, 6) is 0.511. The molecule has 0 bridgehead atoms. The smallest absolute Gasteiger partial charge is 0.225 e. The van der Waals surface area contributed by atoms with E-state index < -0.39 is 5.60 Å². The molecule has 2 unspecified atom stereocenters. The molecule has 1 aliphatic rings. The van der Waals surface area contributed by atoms with Gasteiger partial charge in [-0.3, -0.25) is 0 Å². The summed E-state index contributed by atoms with van der Waals surface area (Å²) in [5.41, 5.74) is -0.940. The maximum absolute atomic E-state index is 9.81. The summed E-state index contributed by atoms with van der Waals surface area (Å²) >= 11 is 0. The highest BCUT2D eigenvalue weighted by Gasteiger charge is 2.36. The molecule has 1 heterocycles. The molecule has 2 atom stereocenters. The van der Waals surface area contributed by atoms with Gasteiger partial charge in [-0.05, 0) is 19.3 Å². The molecule has 0 radical (unpaired) electrons. The van der Waals surface area contributed by atoms with Crippen LogP contribution in [0.2, 0.25) is 0 Å². The normalized spacial score (nSPS) is 30.4. The molecule has 6 nitrogen and oxygen atoms in total. The lowest BCUT2D eigenvalue weighted by Gasteiger charge is -2.19. The summed E-state index contributed by atoms with van der Waals surface area (Å²) in [7, 11) is 0. The molecule has 0 amide bonds. The molecule has 2 rings (SSSR count). The Kier molecular flexibility index (Phi) is 2.79. The van der Waals surface area contributed by atoms with Gasteiger partial charge in [0.15, 0.2) is 0 Å². The number of aromatic nitrogens is 3. The molecule has 0 saturated heterocycles. The van der Waals surface area contributed by atoms with Gasteiger partial charge in [-0.1, -0.05) is 0 Å². The molecule has 1 fully saturated rings. The number of aliphatic hydroxyl groups excluding tert-OH is 1. The molecule has 0 aromatic carbocycles. The summed E-state index contributed by atoms with van der Waals surface area (Å²) in [6.07, 6.45) is 4.77. The van der Waals surface area contributed by atoms with E-state index in [1.807, 2.05) is 0 Å². The first-order valence-electron chi connectivity index (χ1n) is 4.94. The van der Waals surface area contributed by atoms with E-state index in [1.54, 1.807) is 0 Å². The third kappa shape index (κ3) is 2.40. The first-order chi connectivity index (χ1) is 7.22. The van der Waals surface area contributed by atoms with Crippen LogP contribution in [0.4, 0.5) is 5.95 Å². The van der Waals surface area contributed by atoms with Gasteiger partial charge in [0.1, 0.15) is 12.7 Å². The minimum atomic E-state index is -0.940. The van der Waals surface area contributed by atoms with Gasteiger partial charge in [-0.15, -0.1) is 0 Å². The molecule has 1 saturated carbocycles. The predicted molar refractivity (Wildman–Crippen MR) is 53.1 cm³/mol. The zero-order chi connectivity index (χ0) is 10.7. The van der Waals surface area contributed by atoms with Crippen LogP contribution in [0.15, 0.2) is 12.7 Å². The Bertz CT molecular complexity index is 321. The molecule has 15 heavy (non-hydrogen) atoms. The van der Waals surface area contributed by atoms with Crippen LogP contribution in [0.1, 0.15) is 19.3 Å². The van der Waals surface area contributed by atoms with Crippen molar-refractivity contribution in [3.63, 3.8) is 0 Å². The molecule has 82 valence electrons. The van der Waals surface area contributed by atoms with Crippen LogP contribution >= 0.6 is 0 Å². The van der Waals surface area contributed by atoms with Crippen molar-refractivity contribution in [2.75, 3.05) is 11.9 Å². The number of anilines is 1. The quantitative estimate of drug-likeness (QED) is 0.626. The van der Waals surface area contributed by atoms with Gasteiger partial charge in [0.05, 0.1) is 12.2 Å². The van der Waals surface area contributed by atoms with E-state index >= 15 is 0 Å². The molecule has 3 N–H and O–H groups in total. The number of nitrogens with one attached hydrogen (secondary N) is 1. The summed E-state index contributed by atoms with van der Waals surface area (Å²) in [5, 5.41) is 21.9. The van der Waals surface area contributed by atoms with E-state index in [4.69, 9.17) is 5.11 Å². The maximum atomic E-state index is 9.81. The third-order valence-electron chi connectivity index (χ3n) is 2.71. The molecule has 1 aromatic rings. The number of hydrogen-bond donors (Lipinski definition) is 3. The molecular formula is C9H14N4O2. The van der Waals surface area contributed by atoms with Gasteiger partial charge in [-0.2, -0.15) is 0 Å². The number of hydrogen-bond acceptors (Lipinski definition) is 6. The molecule has 0 aliphatic heterocycles. The number of nitrogens with zero attached hydrogens (tertiary/aromatic N) is 3. The summed E-state index contributed by atoms with van der Waals surface area (Å²) in [4.78, 5) is 11.6. The summed E-state index contributed by atoms with van der Waals surface area (Å²) in [6, 6.07) is 0.115. The zero-order valence-electron chi connectivity index (χ0n) is 8.30. The Morgan fingerprint density at radius 1 is 1.47 bits per heavy atom. The van der Waals surface area contributed by atoms with Crippen molar-refractivity contribution < 1.29 is 10.2 Å². The second-order valence-electron chi connectivity index (χ2n) is 3.93. The number of rotatable bonds is 3. The Morgan fingerprint density at radius 3 is 2.80 bits per heavy atom. The fraction of sp³-hybridized carbons (Fsp3) is 0.667. The second kappa shape index (κ2) is 4.08. The van der Waals surface area contributed by atoms with Gasteiger partial charge in [0, 0.05) is 6.04 Å². The highest BCUT2D eigenvalue weighted by molar-refractivity contribution is 5.24. The third-order valence-corrected chi connectivity index (χ3v) is 2.71. The average molecular weight is 210 g/mol. The van der Waals surface area contributed by atoms with Crippen molar-refractivity contribution >= 4 is 5.95 Å². The topological polar surface area (TPSA) is 91.2 Å². The zero-order valence-corrected chi connectivity index (χ0v) is 8.30. The van der Waals surface area contributed by atoms with Crippen LogP contribution in [0.5, 0.6) is 0 Å². The Balaban J connectivity index is 1.93. The molecule has 6 heteroatoms. The van der Waals surface area contributed by atoms with Crippen LogP contribution in [0.3, 0.4) is 0 Å². The summed E-state index contributed by atoms with van der Waals surface area (Å²) < 4.78 is 0. The maximum Gasteiger partial charge on any atom is 0.225 e. The second-order valence-corrected chi connectivity index (χ2v) is 3.93. The summed E-state index contributed by atoms with van der Waals surface area (Å²) in [6.45, 7) is -0.192. The lowest BCUT2D eigenvalue weighted by atomic mass is 10.0. The standard InChI is InChI=1S/C9H14N4O2/c14-4-9(15)2-1-7(3-9)13-8-11-5-10-6-12-8/h5-7,14-15H,1-4H2,(H,10,11,12,13). The first-order valence-corrected chi connectivity index (χ1v) is 4.94. The van der Waals surface area contributed by atoms with Crippen LogP contribution in [-0.2, 0) is 0 Å². The molecule has 1 aromatic heterocycles. The van der Waals surface area contributed by atoms with Crippen molar-refractivity contribution in [1.29, 1.82) is 0 Å². The molecule has 1 aliphatic carbocycles. The van der Waals surface area contributed by atoms with Crippen LogP contribution in [-0.4, -0.2) is 43.4 Å². The van der Waals surface area contributed by atoms with Crippen molar-refractivity contribution in [2.45, 2.75) is 30.9 Å². The molecular weight excluding hydrogens is 196 g/mol. The van der Waals surface area contributed by atoms with Gasteiger partial charge in [0.25, 0.3) is 0 Å². The minimum Gasteiger partial charge on any atom is -0.393 e. The van der Waals surface area contributed by atoms with E-state index in [9.17, 15) is 5.11 Å². The van der Waals surface area contributed by atoms with E-state index in [2.05, 4.69) is 20.3 Å². The highest BCUT2D eigenvalue weighted by atomic mass is 16.3. The van der Waals surface area contributed by atoms with Crippen LogP contribution < -0.4 is 5.32 Å². The monoisotopic (exact) mass is 210 g/mol. The van der Waals surface area contributed by atoms with E-state index in [-0.39, 0.29) is 12.6 Å². The van der Waals surface area contributed by atoms with Crippen LogP contribution in [0.25, 0.3) is 0 Å². The first kappa shape index (κ1) is 10.3. The molecule has 0 spiro atoms. The van der Waals surface area contributed by atoms with Gasteiger partial charge in [-0.25, -0.2) is 15.0 Å². The van der Waals surface area contributed by atoms with Crippen LogP contribution in [0, 0.1) is 0 Å². The van der Waals surface area contributed by atoms with E-state index in [0.717, 1.165) is 6.42 Å². The Morgan fingerprint density at radius 2 is 2.20 bits per heavy atom. The lowest BCUT2D eigenvalue weighted by Crippen LogP contribution is -2.31. The minimum absolute atomic E-state index is 0.115. The van der Waals surface area contributed by atoms with E-state index in [0.29, 0.717) is 18.8 Å². The van der Waals surface area contributed by atoms with Crippen molar-refractivity contribution in [3.05, 3.63) is 12.7 Å². The van der Waals surface area contributed by atoms with Gasteiger partial charge in [0.2, 0.25) is 5.95 Å².